The third-order valence-corrected chi connectivity index (χ3v) is 4.27. The molecule has 98 valence electrons. The summed E-state index contributed by atoms with van der Waals surface area (Å²) in [5, 5.41) is 3.53. The highest BCUT2D eigenvalue weighted by Crippen LogP contribution is 2.21. The van der Waals surface area contributed by atoms with E-state index in [4.69, 9.17) is 0 Å². The van der Waals surface area contributed by atoms with Crippen molar-refractivity contribution in [1.29, 1.82) is 0 Å². The molecule has 1 aromatic rings. The van der Waals surface area contributed by atoms with Gasteiger partial charge in [-0.25, -0.2) is 0 Å². The number of hydrogen-bond acceptors (Lipinski definition) is 3. The Morgan fingerprint density at radius 3 is 2.67 bits per heavy atom. The molecule has 1 unspecified atom stereocenters. The molecule has 1 N–H and O–H groups in total. The van der Waals surface area contributed by atoms with Crippen LogP contribution in [0.5, 0.6) is 0 Å². The van der Waals surface area contributed by atoms with Gasteiger partial charge in [0.25, 0.3) is 0 Å². The van der Waals surface area contributed by atoms with E-state index in [1.807, 2.05) is 23.9 Å². The summed E-state index contributed by atoms with van der Waals surface area (Å²) < 4.78 is 0. The van der Waals surface area contributed by atoms with Crippen LogP contribution < -0.4 is 5.32 Å². The minimum Gasteiger partial charge on any atom is -0.381 e. The third kappa shape index (κ3) is 3.67. The largest absolute Gasteiger partial charge is 0.381 e. The highest BCUT2D eigenvalue weighted by molar-refractivity contribution is 7.99. The van der Waals surface area contributed by atoms with Crippen LogP contribution in [-0.2, 0) is 11.2 Å². The van der Waals surface area contributed by atoms with Crippen molar-refractivity contribution in [2.45, 2.75) is 18.9 Å². The van der Waals surface area contributed by atoms with E-state index >= 15 is 0 Å². The van der Waals surface area contributed by atoms with Crippen molar-refractivity contribution < 1.29 is 4.79 Å². The van der Waals surface area contributed by atoms with Crippen LogP contribution in [0.25, 0.3) is 0 Å². The van der Waals surface area contributed by atoms with Crippen molar-refractivity contribution in [3.63, 3.8) is 0 Å². The quantitative estimate of drug-likeness (QED) is 0.905. The molecule has 0 radical (unpaired) electrons. The van der Waals surface area contributed by atoms with Crippen molar-refractivity contribution >= 4 is 23.4 Å². The molecule has 1 aliphatic heterocycles. The average Bonchev–Trinajstić information content (AvgIpc) is 2.84. The number of anilines is 1. The number of carbonyl (C=O) groups excluding carboxylic acids is 1. The second-order valence-corrected chi connectivity index (χ2v) is 6.02. The van der Waals surface area contributed by atoms with Gasteiger partial charge < -0.3 is 10.2 Å². The first-order valence-corrected chi connectivity index (χ1v) is 7.44. The molecule has 0 aliphatic carbocycles. The fourth-order valence-corrected chi connectivity index (χ4v) is 3.09. The first-order chi connectivity index (χ1) is 8.65. The Labute approximate surface area is 113 Å². The Hall–Kier alpha value is -1.16. The summed E-state index contributed by atoms with van der Waals surface area (Å²) in [6, 6.07) is 8.81. The van der Waals surface area contributed by atoms with Crippen molar-refractivity contribution in [3.8, 4) is 0 Å². The van der Waals surface area contributed by atoms with Crippen LogP contribution in [0.2, 0.25) is 0 Å². The zero-order valence-electron chi connectivity index (χ0n) is 11.0. The summed E-state index contributed by atoms with van der Waals surface area (Å²) >= 11 is 2.00. The van der Waals surface area contributed by atoms with Gasteiger partial charge in [-0.05, 0) is 29.9 Å². The molecule has 0 saturated carbocycles. The molecule has 0 spiro atoms. The van der Waals surface area contributed by atoms with Crippen LogP contribution in [0, 0.1) is 0 Å². The van der Waals surface area contributed by atoms with Gasteiger partial charge in [-0.3, -0.25) is 4.79 Å². The molecule has 1 atom stereocenters. The molecule has 0 bridgehead atoms. The van der Waals surface area contributed by atoms with Crippen molar-refractivity contribution in [2.75, 3.05) is 30.9 Å². The van der Waals surface area contributed by atoms with Gasteiger partial charge in [-0.1, -0.05) is 12.1 Å². The first-order valence-electron chi connectivity index (χ1n) is 6.28. The Morgan fingerprint density at radius 1 is 1.39 bits per heavy atom. The fraction of sp³-hybridized carbons (Fsp3) is 0.500. The zero-order chi connectivity index (χ0) is 13.0. The van der Waals surface area contributed by atoms with Crippen molar-refractivity contribution in [1.82, 2.24) is 4.90 Å². The number of hydrogen-bond donors (Lipinski definition) is 1. The smallest absolute Gasteiger partial charge is 0.226 e. The SMILES string of the molecule is CN(C)C(=O)Cc1ccc(NC2CCSC2)cc1. The van der Waals surface area contributed by atoms with Gasteiger partial charge in [0.05, 0.1) is 6.42 Å². The maximum Gasteiger partial charge on any atom is 0.226 e. The Kier molecular flexibility index (Phi) is 4.53. The molecule has 18 heavy (non-hydrogen) atoms. The Morgan fingerprint density at radius 2 is 2.11 bits per heavy atom. The number of thioether (sulfide) groups is 1. The van der Waals surface area contributed by atoms with E-state index in [1.165, 1.54) is 17.9 Å². The number of nitrogens with one attached hydrogen (secondary N) is 1. The number of amides is 1. The summed E-state index contributed by atoms with van der Waals surface area (Å²) in [7, 11) is 3.58. The zero-order valence-corrected chi connectivity index (χ0v) is 11.8. The van der Waals surface area contributed by atoms with Gasteiger partial charge in [-0.2, -0.15) is 11.8 Å². The summed E-state index contributed by atoms with van der Waals surface area (Å²) in [5.74, 6) is 2.59. The highest BCUT2D eigenvalue weighted by atomic mass is 32.2. The minimum atomic E-state index is 0.142. The first kappa shape index (κ1) is 13.3. The van der Waals surface area contributed by atoms with E-state index in [0.717, 1.165) is 11.3 Å². The molecule has 1 aromatic carbocycles. The topological polar surface area (TPSA) is 32.3 Å². The van der Waals surface area contributed by atoms with Crippen molar-refractivity contribution in [3.05, 3.63) is 29.8 Å². The molecule has 1 fully saturated rings. The number of benzene rings is 1. The molecule has 1 saturated heterocycles. The third-order valence-electron chi connectivity index (χ3n) is 3.11. The second kappa shape index (κ2) is 6.14. The lowest BCUT2D eigenvalue weighted by molar-refractivity contribution is -0.127. The van der Waals surface area contributed by atoms with Gasteiger partial charge in [0, 0.05) is 31.6 Å². The van der Waals surface area contributed by atoms with Gasteiger partial charge in [0.15, 0.2) is 0 Å². The summed E-state index contributed by atoms with van der Waals surface area (Å²) in [6.07, 6.45) is 1.72. The average molecular weight is 264 g/mol. The predicted molar refractivity (Wildman–Crippen MR) is 78.2 cm³/mol. The maximum atomic E-state index is 11.6. The molecule has 2 rings (SSSR count). The van der Waals surface area contributed by atoms with Gasteiger partial charge >= 0.3 is 0 Å². The van der Waals surface area contributed by atoms with Crippen LogP contribution in [-0.4, -0.2) is 42.4 Å². The Balaban J connectivity index is 1.90. The summed E-state index contributed by atoms with van der Waals surface area (Å²) in [6.45, 7) is 0. The van der Waals surface area contributed by atoms with Crippen LogP contribution in [0.15, 0.2) is 24.3 Å². The molecule has 0 aromatic heterocycles. The van der Waals surface area contributed by atoms with Crippen LogP contribution in [0.1, 0.15) is 12.0 Å². The monoisotopic (exact) mass is 264 g/mol. The summed E-state index contributed by atoms with van der Waals surface area (Å²) in [4.78, 5) is 13.2. The molecule has 1 heterocycles. The molecule has 1 amide bonds. The molecular formula is C14H20N2OS. The van der Waals surface area contributed by atoms with E-state index in [0.29, 0.717) is 12.5 Å². The van der Waals surface area contributed by atoms with E-state index < -0.39 is 0 Å². The number of nitrogens with zero attached hydrogens (tertiary/aromatic N) is 1. The van der Waals surface area contributed by atoms with Gasteiger partial charge in [-0.15, -0.1) is 0 Å². The normalized spacial score (nSPS) is 18.7. The standard InChI is InChI=1S/C14H20N2OS/c1-16(2)14(17)9-11-3-5-12(6-4-11)15-13-7-8-18-10-13/h3-6,13,15H,7-10H2,1-2H3. The van der Waals surface area contributed by atoms with E-state index in [9.17, 15) is 4.79 Å². The lowest BCUT2D eigenvalue weighted by atomic mass is 10.1. The fourth-order valence-electron chi connectivity index (χ4n) is 1.94. The highest BCUT2D eigenvalue weighted by Gasteiger charge is 2.14. The number of rotatable bonds is 4. The van der Waals surface area contributed by atoms with Crippen LogP contribution in [0.3, 0.4) is 0 Å². The Bertz CT molecular complexity index is 397. The number of carbonyl (C=O) groups is 1. The molecule has 1 aliphatic rings. The van der Waals surface area contributed by atoms with Crippen LogP contribution in [0.4, 0.5) is 5.69 Å². The molecule has 3 nitrogen and oxygen atoms in total. The van der Waals surface area contributed by atoms with Crippen molar-refractivity contribution in [2.24, 2.45) is 0 Å². The lowest BCUT2D eigenvalue weighted by Gasteiger charge is -2.14. The van der Waals surface area contributed by atoms with E-state index in [2.05, 4.69) is 17.4 Å². The van der Waals surface area contributed by atoms with E-state index in [-0.39, 0.29) is 5.91 Å². The van der Waals surface area contributed by atoms with Crippen LogP contribution >= 0.6 is 11.8 Å². The van der Waals surface area contributed by atoms with Gasteiger partial charge in [0.1, 0.15) is 0 Å². The predicted octanol–water partition coefficient (Wildman–Crippen LogP) is 2.23. The summed E-state index contributed by atoms with van der Waals surface area (Å²) in [5.41, 5.74) is 2.23. The lowest BCUT2D eigenvalue weighted by Crippen LogP contribution is -2.23. The van der Waals surface area contributed by atoms with E-state index in [1.54, 1.807) is 19.0 Å². The molecule has 4 heteroatoms. The maximum absolute atomic E-state index is 11.6. The minimum absolute atomic E-state index is 0.142. The van der Waals surface area contributed by atoms with Gasteiger partial charge in [0.2, 0.25) is 5.91 Å². The number of likely N-dealkylation sites (N-methyl/N-ethyl adjacent to an activating group) is 1. The second-order valence-electron chi connectivity index (χ2n) is 4.87. The molecular weight excluding hydrogens is 244 g/mol.